The average Bonchev–Trinajstić information content (AvgIpc) is 2.37. The summed E-state index contributed by atoms with van der Waals surface area (Å²) < 4.78 is 5.43. The molecule has 20 heavy (non-hydrogen) atoms. The smallest absolute Gasteiger partial charge is 0.305 e. The Hall–Kier alpha value is -1.79. The first-order chi connectivity index (χ1) is 9.40. The van der Waals surface area contributed by atoms with Gasteiger partial charge in [0, 0.05) is 12.1 Å². The third-order valence-electron chi connectivity index (χ3n) is 2.58. The molecule has 0 saturated heterocycles. The molecule has 0 aromatic heterocycles. The van der Waals surface area contributed by atoms with E-state index in [0.717, 1.165) is 0 Å². The summed E-state index contributed by atoms with van der Waals surface area (Å²) in [5.41, 5.74) is 5.49. The number of carboxylic acid groups (broad SMARTS) is 1. The average molecular weight is 301 g/mol. The van der Waals surface area contributed by atoms with E-state index >= 15 is 0 Å². The molecule has 1 atom stereocenters. The minimum atomic E-state index is -1.10. The van der Waals surface area contributed by atoms with Gasteiger partial charge in [-0.05, 0) is 18.2 Å². The van der Waals surface area contributed by atoms with Crippen LogP contribution in [-0.4, -0.2) is 48.1 Å². The van der Waals surface area contributed by atoms with Crippen LogP contribution in [0.2, 0.25) is 5.02 Å². The number of nitrogens with zero attached hydrogens (tertiary/aromatic N) is 1. The molecule has 0 aliphatic rings. The van der Waals surface area contributed by atoms with Crippen LogP contribution in [0.15, 0.2) is 24.3 Å². The lowest BCUT2D eigenvalue weighted by atomic mass is 10.2. The fraction of sp³-hybridized carbons (Fsp3) is 0.385. The van der Waals surface area contributed by atoms with Crippen molar-refractivity contribution < 1.29 is 19.4 Å². The lowest BCUT2D eigenvalue weighted by Gasteiger charge is -2.20. The predicted octanol–water partition coefficient (Wildman–Crippen LogP) is 0.979. The Morgan fingerprint density at radius 1 is 1.50 bits per heavy atom. The molecule has 0 aliphatic carbocycles. The number of halogens is 1. The second-order valence-corrected chi connectivity index (χ2v) is 4.71. The zero-order chi connectivity index (χ0) is 15.1. The number of nitrogens with two attached hydrogens (primary N) is 1. The van der Waals surface area contributed by atoms with E-state index in [1.54, 1.807) is 31.3 Å². The first kappa shape index (κ1) is 16.3. The van der Waals surface area contributed by atoms with Crippen molar-refractivity contribution in [2.75, 3.05) is 20.2 Å². The molecule has 110 valence electrons. The largest absolute Gasteiger partial charge is 0.492 e. The Bertz CT molecular complexity index is 481. The molecule has 1 unspecified atom stereocenters. The third-order valence-corrected chi connectivity index (χ3v) is 2.81. The maximum atomic E-state index is 11.7. The Morgan fingerprint density at radius 3 is 2.80 bits per heavy atom. The molecule has 3 N–H and O–H groups in total. The highest BCUT2D eigenvalue weighted by Crippen LogP contribution is 2.16. The molecule has 0 spiro atoms. The topological polar surface area (TPSA) is 92.9 Å². The highest BCUT2D eigenvalue weighted by molar-refractivity contribution is 6.30. The van der Waals surface area contributed by atoms with Crippen LogP contribution < -0.4 is 10.5 Å². The fourth-order valence-electron chi connectivity index (χ4n) is 1.53. The number of aliphatic carboxylic acids is 1. The van der Waals surface area contributed by atoms with Crippen molar-refractivity contribution in [3.63, 3.8) is 0 Å². The molecule has 6 nitrogen and oxygen atoms in total. The van der Waals surface area contributed by atoms with Crippen LogP contribution in [0.3, 0.4) is 0 Å². The molecule has 0 heterocycles. The van der Waals surface area contributed by atoms with E-state index in [2.05, 4.69) is 0 Å². The van der Waals surface area contributed by atoms with Crippen molar-refractivity contribution in [2.45, 2.75) is 12.5 Å². The summed E-state index contributed by atoms with van der Waals surface area (Å²) in [6.07, 6.45) is -0.391. The minimum absolute atomic E-state index is 0.266. The highest BCUT2D eigenvalue weighted by atomic mass is 35.5. The summed E-state index contributed by atoms with van der Waals surface area (Å²) in [5.74, 6) is -0.926. The van der Waals surface area contributed by atoms with E-state index in [4.69, 9.17) is 27.2 Å². The molecule has 1 rings (SSSR count). The zero-order valence-corrected chi connectivity index (χ0v) is 11.8. The summed E-state index contributed by atoms with van der Waals surface area (Å²) in [6.45, 7) is 0.570. The van der Waals surface area contributed by atoms with Crippen LogP contribution in [0.4, 0.5) is 0 Å². The van der Waals surface area contributed by atoms with E-state index in [9.17, 15) is 9.59 Å². The number of carbonyl (C=O) groups excluding carboxylic acids is 1. The van der Waals surface area contributed by atoms with Gasteiger partial charge in [0.1, 0.15) is 12.4 Å². The number of benzene rings is 1. The Labute approximate surface area is 122 Å². The van der Waals surface area contributed by atoms with Crippen molar-refractivity contribution in [1.82, 2.24) is 4.90 Å². The molecule has 0 radical (unpaired) electrons. The van der Waals surface area contributed by atoms with Gasteiger partial charge in [-0.1, -0.05) is 17.7 Å². The van der Waals surface area contributed by atoms with Crippen molar-refractivity contribution in [3.8, 4) is 5.75 Å². The van der Waals surface area contributed by atoms with Crippen molar-refractivity contribution >= 4 is 23.5 Å². The Kier molecular flexibility index (Phi) is 6.27. The summed E-state index contributed by atoms with van der Waals surface area (Å²) >= 11 is 5.81. The second kappa shape index (κ2) is 7.72. The number of hydrogen-bond acceptors (Lipinski definition) is 4. The minimum Gasteiger partial charge on any atom is -0.492 e. The number of carboxylic acids is 1. The predicted molar refractivity (Wildman–Crippen MR) is 74.8 cm³/mol. The monoisotopic (exact) mass is 300 g/mol. The fourth-order valence-corrected chi connectivity index (χ4v) is 1.71. The molecule has 0 aliphatic heterocycles. The highest BCUT2D eigenvalue weighted by Gasteiger charge is 2.20. The molecular weight excluding hydrogens is 284 g/mol. The van der Waals surface area contributed by atoms with Crippen molar-refractivity contribution in [1.29, 1.82) is 0 Å². The summed E-state index contributed by atoms with van der Waals surface area (Å²) in [7, 11) is 1.55. The molecule has 0 bridgehead atoms. The maximum Gasteiger partial charge on any atom is 0.305 e. The van der Waals surface area contributed by atoms with E-state index < -0.39 is 24.3 Å². The summed E-state index contributed by atoms with van der Waals surface area (Å²) in [4.78, 5) is 23.6. The van der Waals surface area contributed by atoms with E-state index in [1.807, 2.05) is 0 Å². The first-order valence-corrected chi connectivity index (χ1v) is 6.38. The van der Waals surface area contributed by atoms with Crippen LogP contribution in [0, 0.1) is 0 Å². The molecule has 7 heteroatoms. The lowest BCUT2D eigenvalue weighted by Crippen LogP contribution is -2.44. The van der Waals surface area contributed by atoms with Crippen LogP contribution in [-0.2, 0) is 9.59 Å². The van der Waals surface area contributed by atoms with Crippen LogP contribution in [0.25, 0.3) is 0 Å². The Balaban J connectivity index is 2.37. The number of likely N-dealkylation sites (N-methyl/N-ethyl adjacent to an activating group) is 1. The van der Waals surface area contributed by atoms with Gasteiger partial charge >= 0.3 is 5.97 Å². The second-order valence-electron chi connectivity index (χ2n) is 4.27. The molecule has 0 fully saturated rings. The third kappa shape index (κ3) is 5.46. The van der Waals surface area contributed by atoms with Gasteiger partial charge in [-0.3, -0.25) is 9.59 Å². The number of carbonyl (C=O) groups is 2. The van der Waals surface area contributed by atoms with Gasteiger partial charge in [0.05, 0.1) is 19.0 Å². The van der Waals surface area contributed by atoms with E-state index in [1.165, 1.54) is 4.90 Å². The van der Waals surface area contributed by atoms with Crippen LogP contribution >= 0.6 is 11.6 Å². The molecular formula is C13H17ClN2O4. The molecule has 1 aromatic carbocycles. The number of rotatable bonds is 7. The molecule has 1 amide bonds. The van der Waals surface area contributed by atoms with Crippen LogP contribution in [0.5, 0.6) is 5.75 Å². The van der Waals surface area contributed by atoms with Gasteiger partial charge in [-0.15, -0.1) is 0 Å². The van der Waals surface area contributed by atoms with Gasteiger partial charge in [0.2, 0.25) is 5.91 Å². The van der Waals surface area contributed by atoms with Crippen LogP contribution in [0.1, 0.15) is 6.42 Å². The van der Waals surface area contributed by atoms with E-state index in [-0.39, 0.29) is 6.61 Å². The maximum absolute atomic E-state index is 11.7. The number of ether oxygens (including phenoxy) is 1. The van der Waals surface area contributed by atoms with Gasteiger partial charge in [-0.25, -0.2) is 0 Å². The zero-order valence-electron chi connectivity index (χ0n) is 11.1. The number of amides is 1. The normalized spacial score (nSPS) is 11.8. The molecule has 0 saturated carbocycles. The van der Waals surface area contributed by atoms with Gasteiger partial charge in [0.15, 0.2) is 0 Å². The van der Waals surface area contributed by atoms with Gasteiger partial charge in [-0.2, -0.15) is 0 Å². The standard InChI is InChI=1S/C13H17ClN2O4/c1-16(13(19)11(15)8-12(17)18)5-6-20-10-4-2-3-9(14)7-10/h2-4,7,11H,5-6,8,15H2,1H3,(H,17,18). The van der Waals surface area contributed by atoms with Gasteiger partial charge in [0.25, 0.3) is 0 Å². The lowest BCUT2D eigenvalue weighted by molar-refractivity contribution is -0.141. The Morgan fingerprint density at radius 2 is 2.20 bits per heavy atom. The summed E-state index contributed by atoms with van der Waals surface area (Å²) in [5, 5.41) is 9.14. The number of hydrogen-bond donors (Lipinski definition) is 2. The van der Waals surface area contributed by atoms with E-state index in [0.29, 0.717) is 17.3 Å². The summed E-state index contributed by atoms with van der Waals surface area (Å²) in [6, 6.07) is 5.87. The van der Waals surface area contributed by atoms with Gasteiger partial charge < -0.3 is 20.5 Å². The van der Waals surface area contributed by atoms with Crippen molar-refractivity contribution in [3.05, 3.63) is 29.3 Å². The quantitative estimate of drug-likeness (QED) is 0.783. The van der Waals surface area contributed by atoms with Crippen molar-refractivity contribution in [2.24, 2.45) is 5.73 Å². The SMILES string of the molecule is CN(CCOc1cccc(Cl)c1)C(=O)C(N)CC(=O)O. The first-order valence-electron chi connectivity index (χ1n) is 6.01. The molecule has 1 aromatic rings.